The summed E-state index contributed by atoms with van der Waals surface area (Å²) in [5.41, 5.74) is 1.57. The van der Waals surface area contributed by atoms with E-state index in [4.69, 9.17) is 9.72 Å². The average Bonchev–Trinajstić information content (AvgIpc) is 2.99. The van der Waals surface area contributed by atoms with Crippen LogP contribution in [-0.4, -0.2) is 43.2 Å². The lowest BCUT2D eigenvalue weighted by Crippen LogP contribution is -2.34. The minimum atomic E-state index is 0.112. The van der Waals surface area contributed by atoms with Gasteiger partial charge in [-0.25, -0.2) is 4.98 Å². The molecular weight excluding hydrogens is 270 g/mol. The van der Waals surface area contributed by atoms with Gasteiger partial charge in [0.1, 0.15) is 11.1 Å². The molecule has 0 aliphatic carbocycles. The summed E-state index contributed by atoms with van der Waals surface area (Å²) in [6.07, 6.45) is 1.38. The first kappa shape index (κ1) is 15.9. The van der Waals surface area contributed by atoms with E-state index in [1.165, 1.54) is 6.42 Å². The SMILES string of the molecule is CCOC(C)c1nc(CN(C)CC2(C)CCNC2)cs1. The van der Waals surface area contributed by atoms with E-state index in [1.807, 2.05) is 6.92 Å². The summed E-state index contributed by atoms with van der Waals surface area (Å²) in [6.45, 7) is 11.5. The molecule has 20 heavy (non-hydrogen) atoms. The van der Waals surface area contributed by atoms with Crippen molar-refractivity contribution >= 4 is 11.3 Å². The molecule has 2 heterocycles. The summed E-state index contributed by atoms with van der Waals surface area (Å²) < 4.78 is 5.60. The van der Waals surface area contributed by atoms with Crippen molar-refractivity contribution in [3.63, 3.8) is 0 Å². The molecule has 2 rings (SSSR count). The van der Waals surface area contributed by atoms with Crippen LogP contribution in [0.25, 0.3) is 0 Å². The topological polar surface area (TPSA) is 37.4 Å². The number of thiazole rings is 1. The van der Waals surface area contributed by atoms with Gasteiger partial charge in [0.15, 0.2) is 0 Å². The average molecular weight is 297 g/mol. The van der Waals surface area contributed by atoms with Crippen molar-refractivity contribution in [3.05, 3.63) is 16.1 Å². The van der Waals surface area contributed by atoms with Crippen LogP contribution in [-0.2, 0) is 11.3 Å². The van der Waals surface area contributed by atoms with Crippen LogP contribution in [0.1, 0.15) is 44.0 Å². The number of ether oxygens (including phenoxy) is 1. The number of nitrogens with one attached hydrogen (secondary N) is 1. The number of nitrogens with zero attached hydrogens (tertiary/aromatic N) is 2. The zero-order valence-corrected chi connectivity index (χ0v) is 13.9. The quantitative estimate of drug-likeness (QED) is 0.839. The van der Waals surface area contributed by atoms with Gasteiger partial charge in [0, 0.05) is 31.6 Å². The summed E-state index contributed by atoms with van der Waals surface area (Å²) in [6, 6.07) is 0. The Hall–Kier alpha value is -0.490. The normalized spacial score (nSPS) is 24.4. The molecule has 1 N–H and O–H groups in total. The predicted molar refractivity (Wildman–Crippen MR) is 84.1 cm³/mol. The fourth-order valence-electron chi connectivity index (χ4n) is 2.89. The molecule has 1 aliphatic heterocycles. The second-order valence-corrected chi connectivity index (χ2v) is 7.07. The van der Waals surface area contributed by atoms with E-state index in [2.05, 4.69) is 36.5 Å². The van der Waals surface area contributed by atoms with Gasteiger partial charge in [0.2, 0.25) is 0 Å². The van der Waals surface area contributed by atoms with Crippen LogP contribution in [0.2, 0.25) is 0 Å². The highest BCUT2D eigenvalue weighted by Crippen LogP contribution is 2.26. The van der Waals surface area contributed by atoms with E-state index >= 15 is 0 Å². The van der Waals surface area contributed by atoms with Gasteiger partial charge in [-0.3, -0.25) is 4.90 Å². The fourth-order valence-corrected chi connectivity index (χ4v) is 3.70. The van der Waals surface area contributed by atoms with Crippen molar-refractivity contribution in [2.75, 3.05) is 33.3 Å². The largest absolute Gasteiger partial charge is 0.372 e. The van der Waals surface area contributed by atoms with Crippen molar-refractivity contribution in [3.8, 4) is 0 Å². The maximum Gasteiger partial charge on any atom is 0.122 e. The zero-order valence-electron chi connectivity index (χ0n) is 13.1. The third-order valence-electron chi connectivity index (χ3n) is 3.87. The van der Waals surface area contributed by atoms with Crippen molar-refractivity contribution in [2.24, 2.45) is 5.41 Å². The van der Waals surface area contributed by atoms with Gasteiger partial charge in [-0.2, -0.15) is 0 Å². The van der Waals surface area contributed by atoms with Gasteiger partial charge in [0.05, 0.1) is 5.69 Å². The summed E-state index contributed by atoms with van der Waals surface area (Å²) >= 11 is 1.71. The van der Waals surface area contributed by atoms with Crippen LogP contribution in [0.15, 0.2) is 5.38 Å². The first-order valence-electron chi connectivity index (χ1n) is 7.47. The minimum Gasteiger partial charge on any atom is -0.372 e. The Morgan fingerprint density at radius 3 is 3.05 bits per heavy atom. The molecule has 0 spiro atoms. The number of hydrogen-bond donors (Lipinski definition) is 1. The van der Waals surface area contributed by atoms with Gasteiger partial charge in [-0.15, -0.1) is 11.3 Å². The third kappa shape index (κ3) is 4.25. The van der Waals surface area contributed by atoms with E-state index in [-0.39, 0.29) is 6.10 Å². The van der Waals surface area contributed by atoms with Gasteiger partial charge >= 0.3 is 0 Å². The molecule has 1 aromatic heterocycles. The lowest BCUT2D eigenvalue weighted by molar-refractivity contribution is 0.0760. The highest BCUT2D eigenvalue weighted by atomic mass is 32.1. The molecule has 0 bridgehead atoms. The zero-order chi connectivity index (χ0) is 14.6. The molecular formula is C15H27N3OS. The summed E-state index contributed by atoms with van der Waals surface area (Å²) in [5.74, 6) is 0. The van der Waals surface area contributed by atoms with E-state index in [0.717, 1.165) is 43.5 Å². The number of rotatable bonds is 7. The molecule has 1 aromatic rings. The lowest BCUT2D eigenvalue weighted by atomic mass is 9.89. The van der Waals surface area contributed by atoms with Crippen LogP contribution in [0.3, 0.4) is 0 Å². The Labute approximate surface area is 126 Å². The molecule has 0 amide bonds. The smallest absolute Gasteiger partial charge is 0.122 e. The standard InChI is InChI=1S/C15H27N3OS/c1-5-19-12(2)14-17-13(9-20-14)8-18(4)11-15(3)6-7-16-10-15/h9,12,16H,5-8,10-11H2,1-4H3. The van der Waals surface area contributed by atoms with E-state index in [0.29, 0.717) is 5.41 Å². The van der Waals surface area contributed by atoms with Gasteiger partial charge in [-0.05, 0) is 39.3 Å². The third-order valence-corrected chi connectivity index (χ3v) is 4.93. The van der Waals surface area contributed by atoms with Gasteiger partial charge < -0.3 is 10.1 Å². The van der Waals surface area contributed by atoms with Crippen molar-refractivity contribution in [1.29, 1.82) is 0 Å². The van der Waals surface area contributed by atoms with E-state index in [1.54, 1.807) is 11.3 Å². The first-order chi connectivity index (χ1) is 9.52. The lowest BCUT2D eigenvalue weighted by Gasteiger charge is -2.28. The Morgan fingerprint density at radius 1 is 1.60 bits per heavy atom. The predicted octanol–water partition coefficient (Wildman–Crippen LogP) is 2.67. The molecule has 114 valence electrons. The minimum absolute atomic E-state index is 0.112. The van der Waals surface area contributed by atoms with Crippen LogP contribution >= 0.6 is 11.3 Å². The fraction of sp³-hybridized carbons (Fsp3) is 0.800. The molecule has 0 radical (unpaired) electrons. The maximum atomic E-state index is 5.60. The first-order valence-corrected chi connectivity index (χ1v) is 8.35. The van der Waals surface area contributed by atoms with Crippen molar-refractivity contribution in [1.82, 2.24) is 15.2 Å². The molecule has 1 saturated heterocycles. The maximum absolute atomic E-state index is 5.60. The molecule has 1 fully saturated rings. The van der Waals surface area contributed by atoms with Crippen LogP contribution < -0.4 is 5.32 Å². The monoisotopic (exact) mass is 297 g/mol. The molecule has 2 atom stereocenters. The molecule has 0 saturated carbocycles. The van der Waals surface area contributed by atoms with E-state index in [9.17, 15) is 0 Å². The second-order valence-electron chi connectivity index (χ2n) is 6.18. The Bertz CT molecular complexity index is 415. The Morgan fingerprint density at radius 2 is 2.40 bits per heavy atom. The number of aromatic nitrogens is 1. The Kier molecular flexibility index (Phi) is 5.55. The second kappa shape index (κ2) is 6.98. The molecule has 4 nitrogen and oxygen atoms in total. The molecule has 2 unspecified atom stereocenters. The van der Waals surface area contributed by atoms with E-state index < -0.39 is 0 Å². The summed E-state index contributed by atoms with van der Waals surface area (Å²) in [7, 11) is 2.19. The Balaban J connectivity index is 1.86. The highest BCUT2D eigenvalue weighted by Gasteiger charge is 2.29. The summed E-state index contributed by atoms with van der Waals surface area (Å²) in [4.78, 5) is 7.09. The summed E-state index contributed by atoms with van der Waals surface area (Å²) in [5, 5.41) is 6.71. The van der Waals surface area contributed by atoms with Crippen LogP contribution in [0.4, 0.5) is 0 Å². The van der Waals surface area contributed by atoms with Crippen molar-refractivity contribution in [2.45, 2.75) is 39.8 Å². The molecule has 5 heteroatoms. The van der Waals surface area contributed by atoms with Gasteiger partial charge in [0.25, 0.3) is 0 Å². The van der Waals surface area contributed by atoms with Crippen molar-refractivity contribution < 1.29 is 4.74 Å². The highest BCUT2D eigenvalue weighted by molar-refractivity contribution is 7.09. The van der Waals surface area contributed by atoms with Crippen LogP contribution in [0, 0.1) is 5.41 Å². The van der Waals surface area contributed by atoms with Crippen LogP contribution in [0.5, 0.6) is 0 Å². The molecule has 1 aliphatic rings. The van der Waals surface area contributed by atoms with Gasteiger partial charge in [-0.1, -0.05) is 6.92 Å². The molecule has 0 aromatic carbocycles. The number of hydrogen-bond acceptors (Lipinski definition) is 5.